The van der Waals surface area contributed by atoms with Crippen molar-refractivity contribution in [1.82, 2.24) is 0 Å². The molecule has 0 bridgehead atoms. The first-order valence-corrected chi connectivity index (χ1v) is 4.87. The first kappa shape index (κ1) is 11.0. The van der Waals surface area contributed by atoms with E-state index in [-0.39, 0.29) is 0 Å². The zero-order valence-electron chi connectivity index (χ0n) is 7.81. The highest BCUT2D eigenvalue weighted by Crippen LogP contribution is 2.13. The van der Waals surface area contributed by atoms with Gasteiger partial charge in [-0.15, -0.1) is 0 Å². The van der Waals surface area contributed by atoms with Gasteiger partial charge in [-0.05, 0) is 18.3 Å². The lowest BCUT2D eigenvalue weighted by Gasteiger charge is -2.06. The van der Waals surface area contributed by atoms with Gasteiger partial charge in [-0.2, -0.15) is 0 Å². The molecule has 11 heavy (non-hydrogen) atoms. The van der Waals surface area contributed by atoms with Gasteiger partial charge in [0.1, 0.15) is 0 Å². The fraction of sp³-hybridized carbons (Fsp3) is 0.800. The van der Waals surface area contributed by atoms with Crippen LogP contribution in [0.15, 0.2) is 11.6 Å². The van der Waals surface area contributed by atoms with Crippen LogP contribution >= 0.6 is 11.6 Å². The Balaban J connectivity index is 3.24. The van der Waals surface area contributed by atoms with E-state index in [0.717, 1.165) is 5.92 Å². The lowest BCUT2D eigenvalue weighted by atomic mass is 10.00. The Morgan fingerprint density at radius 2 is 1.82 bits per heavy atom. The van der Waals surface area contributed by atoms with Crippen molar-refractivity contribution < 1.29 is 0 Å². The SMILES string of the molecule is CC(C)CCCC(C)C=CCl. The predicted molar refractivity (Wildman–Crippen MR) is 52.8 cm³/mol. The van der Waals surface area contributed by atoms with Crippen molar-refractivity contribution in [3.63, 3.8) is 0 Å². The highest BCUT2D eigenvalue weighted by molar-refractivity contribution is 6.25. The zero-order valence-corrected chi connectivity index (χ0v) is 8.56. The quantitative estimate of drug-likeness (QED) is 0.586. The minimum atomic E-state index is 0.645. The maximum Gasteiger partial charge on any atom is 0.000514 e. The molecule has 0 rings (SSSR count). The molecular weight excluding hydrogens is 156 g/mol. The normalized spacial score (nSPS) is 14.6. The van der Waals surface area contributed by atoms with E-state index in [4.69, 9.17) is 11.6 Å². The van der Waals surface area contributed by atoms with Crippen molar-refractivity contribution in [2.24, 2.45) is 11.8 Å². The number of allylic oxidation sites excluding steroid dienone is 1. The second-order valence-corrected chi connectivity index (χ2v) is 3.87. The third kappa shape index (κ3) is 7.93. The molecule has 1 heteroatoms. The van der Waals surface area contributed by atoms with Gasteiger partial charge in [-0.1, -0.05) is 51.3 Å². The van der Waals surface area contributed by atoms with Gasteiger partial charge in [-0.25, -0.2) is 0 Å². The van der Waals surface area contributed by atoms with Crippen molar-refractivity contribution in [3.05, 3.63) is 11.6 Å². The molecule has 0 fully saturated rings. The highest BCUT2D eigenvalue weighted by Gasteiger charge is 1.98. The monoisotopic (exact) mass is 174 g/mol. The molecule has 66 valence electrons. The maximum atomic E-state index is 5.46. The van der Waals surface area contributed by atoms with Crippen LogP contribution in [-0.2, 0) is 0 Å². The molecule has 0 aromatic heterocycles. The summed E-state index contributed by atoms with van der Waals surface area (Å²) in [4.78, 5) is 0. The second-order valence-electron chi connectivity index (χ2n) is 3.62. The molecule has 1 unspecified atom stereocenters. The lowest BCUT2D eigenvalue weighted by molar-refractivity contribution is 0.502. The largest absolute Gasteiger partial charge is 0.0933 e. The van der Waals surface area contributed by atoms with Gasteiger partial charge in [0.25, 0.3) is 0 Å². The Hall–Kier alpha value is 0.0300. The summed E-state index contributed by atoms with van der Waals surface area (Å²) in [5.74, 6) is 1.48. The van der Waals surface area contributed by atoms with Crippen LogP contribution in [0.2, 0.25) is 0 Å². The summed E-state index contributed by atoms with van der Waals surface area (Å²) >= 11 is 5.46. The Morgan fingerprint density at radius 1 is 1.18 bits per heavy atom. The van der Waals surface area contributed by atoms with Crippen molar-refractivity contribution in [3.8, 4) is 0 Å². The van der Waals surface area contributed by atoms with Crippen LogP contribution in [0.1, 0.15) is 40.0 Å². The van der Waals surface area contributed by atoms with Crippen LogP contribution in [-0.4, -0.2) is 0 Å². The zero-order chi connectivity index (χ0) is 8.69. The first-order chi connectivity index (χ1) is 5.16. The Bertz CT molecular complexity index is 105. The van der Waals surface area contributed by atoms with Crippen molar-refractivity contribution in [2.45, 2.75) is 40.0 Å². The van der Waals surface area contributed by atoms with Gasteiger partial charge in [0.15, 0.2) is 0 Å². The lowest BCUT2D eigenvalue weighted by Crippen LogP contribution is -1.92. The molecule has 0 aromatic carbocycles. The molecular formula is C10H19Cl. The topological polar surface area (TPSA) is 0 Å². The number of hydrogen-bond donors (Lipinski definition) is 0. The van der Waals surface area contributed by atoms with Crippen molar-refractivity contribution in [1.29, 1.82) is 0 Å². The summed E-state index contributed by atoms with van der Waals surface area (Å²) in [7, 11) is 0. The molecule has 0 nitrogen and oxygen atoms in total. The number of rotatable bonds is 5. The molecule has 0 spiro atoms. The second kappa shape index (κ2) is 6.72. The first-order valence-electron chi connectivity index (χ1n) is 4.43. The molecule has 0 N–H and O–H groups in total. The fourth-order valence-electron chi connectivity index (χ4n) is 1.07. The van der Waals surface area contributed by atoms with Gasteiger partial charge in [0.05, 0.1) is 0 Å². The fourth-order valence-corrected chi connectivity index (χ4v) is 1.32. The molecule has 0 aromatic rings. The van der Waals surface area contributed by atoms with E-state index >= 15 is 0 Å². The van der Waals surface area contributed by atoms with Crippen LogP contribution < -0.4 is 0 Å². The third-order valence-corrected chi connectivity index (χ3v) is 1.99. The van der Waals surface area contributed by atoms with E-state index in [2.05, 4.69) is 26.8 Å². The predicted octanol–water partition coefficient (Wildman–Crippen LogP) is 4.20. The summed E-state index contributed by atoms with van der Waals surface area (Å²) in [6.45, 7) is 6.74. The van der Waals surface area contributed by atoms with Crippen LogP contribution in [0.4, 0.5) is 0 Å². The van der Waals surface area contributed by atoms with Gasteiger partial charge in [0, 0.05) is 5.54 Å². The standard InChI is InChI=1S/C10H19Cl/c1-9(2)5-4-6-10(3)7-8-11/h7-10H,4-6H2,1-3H3. The van der Waals surface area contributed by atoms with Gasteiger partial charge in [-0.3, -0.25) is 0 Å². The average Bonchev–Trinajstić information content (AvgIpc) is 1.87. The van der Waals surface area contributed by atoms with E-state index in [1.165, 1.54) is 19.3 Å². The Kier molecular flexibility index (Phi) is 6.74. The van der Waals surface area contributed by atoms with E-state index in [9.17, 15) is 0 Å². The molecule has 0 aliphatic heterocycles. The summed E-state index contributed by atoms with van der Waals surface area (Å²) in [5, 5.41) is 0. The maximum absolute atomic E-state index is 5.46. The van der Waals surface area contributed by atoms with Gasteiger partial charge >= 0.3 is 0 Å². The summed E-state index contributed by atoms with van der Waals surface area (Å²) in [5.41, 5.74) is 1.63. The summed E-state index contributed by atoms with van der Waals surface area (Å²) in [6, 6.07) is 0. The molecule has 0 saturated carbocycles. The smallest absolute Gasteiger partial charge is 0.000514 e. The van der Waals surface area contributed by atoms with Crippen LogP contribution in [0, 0.1) is 11.8 Å². The van der Waals surface area contributed by atoms with E-state index in [1.807, 2.05) is 0 Å². The summed E-state index contributed by atoms with van der Waals surface area (Å²) < 4.78 is 0. The minimum Gasteiger partial charge on any atom is -0.0933 e. The van der Waals surface area contributed by atoms with Crippen LogP contribution in [0.3, 0.4) is 0 Å². The molecule has 0 aliphatic carbocycles. The van der Waals surface area contributed by atoms with Gasteiger partial charge in [0.2, 0.25) is 0 Å². The van der Waals surface area contributed by atoms with E-state index in [0.29, 0.717) is 5.92 Å². The molecule has 0 amide bonds. The van der Waals surface area contributed by atoms with Crippen molar-refractivity contribution in [2.75, 3.05) is 0 Å². The summed E-state index contributed by atoms with van der Waals surface area (Å²) in [6.07, 6.45) is 5.98. The van der Waals surface area contributed by atoms with Crippen molar-refractivity contribution >= 4 is 11.6 Å². The van der Waals surface area contributed by atoms with E-state index < -0.39 is 0 Å². The molecule has 0 aliphatic rings. The number of hydrogen-bond acceptors (Lipinski definition) is 0. The average molecular weight is 175 g/mol. The Labute approximate surface area is 75.6 Å². The highest BCUT2D eigenvalue weighted by atomic mass is 35.5. The number of halogens is 1. The molecule has 0 saturated heterocycles. The molecule has 0 radical (unpaired) electrons. The Morgan fingerprint density at radius 3 is 2.27 bits per heavy atom. The van der Waals surface area contributed by atoms with Gasteiger partial charge < -0.3 is 0 Å². The molecule has 1 atom stereocenters. The van der Waals surface area contributed by atoms with Crippen LogP contribution in [0.25, 0.3) is 0 Å². The van der Waals surface area contributed by atoms with Crippen LogP contribution in [0.5, 0.6) is 0 Å². The minimum absolute atomic E-state index is 0.645. The third-order valence-electron chi connectivity index (χ3n) is 1.84. The molecule has 0 heterocycles. The van der Waals surface area contributed by atoms with E-state index in [1.54, 1.807) is 5.54 Å².